The summed E-state index contributed by atoms with van der Waals surface area (Å²) in [5.74, 6) is 0.847. The van der Waals surface area contributed by atoms with E-state index in [1.807, 2.05) is 90.6 Å². The Balaban J connectivity index is 1.62. The van der Waals surface area contributed by atoms with Crippen LogP contribution >= 0.6 is 23.4 Å². The van der Waals surface area contributed by atoms with Crippen LogP contribution in [0.4, 0.5) is 5.69 Å². The standard InChI is InChI=1S/C26H21ClN2O2S/c27-18-12-10-16(11-13-18)22-21-14-32-15-29(21)26(19-8-4-5-9-20(19)28-25(26)31)23(22)24(30)17-6-2-1-3-7-17/h1-13,21-23H,14-15H2,(H,28,31)/t21?,22?,23?,26-/m1/s1. The predicted molar refractivity (Wildman–Crippen MR) is 128 cm³/mol. The van der Waals surface area contributed by atoms with Crippen molar-refractivity contribution in [3.63, 3.8) is 0 Å². The van der Waals surface area contributed by atoms with Crippen LogP contribution < -0.4 is 5.32 Å². The molecule has 0 aromatic heterocycles. The molecule has 1 N–H and O–H groups in total. The van der Waals surface area contributed by atoms with E-state index in [1.165, 1.54) is 0 Å². The summed E-state index contributed by atoms with van der Waals surface area (Å²) in [7, 11) is 0. The molecule has 0 saturated carbocycles. The minimum Gasteiger partial charge on any atom is -0.324 e. The monoisotopic (exact) mass is 460 g/mol. The van der Waals surface area contributed by atoms with Gasteiger partial charge in [-0.1, -0.05) is 72.3 Å². The molecular weight excluding hydrogens is 440 g/mol. The molecule has 1 spiro atoms. The molecule has 3 unspecified atom stereocenters. The number of carbonyl (C=O) groups excluding carboxylic acids is 2. The molecule has 0 aliphatic carbocycles. The molecule has 1 amide bonds. The van der Waals surface area contributed by atoms with Crippen LogP contribution in [-0.4, -0.2) is 34.3 Å². The highest BCUT2D eigenvalue weighted by Gasteiger charge is 2.69. The summed E-state index contributed by atoms with van der Waals surface area (Å²) in [5.41, 5.74) is 2.37. The first-order valence-electron chi connectivity index (χ1n) is 10.7. The summed E-state index contributed by atoms with van der Waals surface area (Å²) in [6.45, 7) is 0. The Morgan fingerprint density at radius 2 is 1.72 bits per heavy atom. The highest BCUT2D eigenvalue weighted by molar-refractivity contribution is 7.99. The number of carbonyl (C=O) groups is 2. The summed E-state index contributed by atoms with van der Waals surface area (Å²) >= 11 is 8.01. The highest BCUT2D eigenvalue weighted by atomic mass is 35.5. The summed E-state index contributed by atoms with van der Waals surface area (Å²) < 4.78 is 0. The zero-order valence-corrected chi connectivity index (χ0v) is 18.8. The van der Waals surface area contributed by atoms with Crippen molar-refractivity contribution in [2.45, 2.75) is 17.5 Å². The van der Waals surface area contributed by atoms with E-state index in [4.69, 9.17) is 11.6 Å². The molecule has 160 valence electrons. The summed E-state index contributed by atoms with van der Waals surface area (Å²) in [6.07, 6.45) is 0. The molecule has 4 nitrogen and oxygen atoms in total. The molecule has 6 rings (SSSR count). The lowest BCUT2D eigenvalue weighted by Crippen LogP contribution is -2.52. The topological polar surface area (TPSA) is 49.4 Å². The number of Topliss-reactive ketones (excluding diaryl/α,β-unsaturated/α-hetero) is 1. The Kier molecular flexibility index (Phi) is 4.68. The van der Waals surface area contributed by atoms with Crippen LogP contribution in [0.2, 0.25) is 5.02 Å². The first-order chi connectivity index (χ1) is 15.6. The van der Waals surface area contributed by atoms with Gasteiger partial charge in [0.15, 0.2) is 5.78 Å². The predicted octanol–water partition coefficient (Wildman–Crippen LogP) is 5.16. The quantitative estimate of drug-likeness (QED) is 0.548. The molecular formula is C26H21ClN2O2S. The number of anilines is 1. The van der Waals surface area contributed by atoms with E-state index >= 15 is 0 Å². The van der Waals surface area contributed by atoms with E-state index in [0.29, 0.717) is 10.6 Å². The fourth-order valence-electron chi connectivity index (χ4n) is 5.87. The molecule has 3 heterocycles. The van der Waals surface area contributed by atoms with Gasteiger partial charge in [-0.3, -0.25) is 14.5 Å². The van der Waals surface area contributed by atoms with Gasteiger partial charge in [-0.05, 0) is 23.8 Å². The number of hydrogen-bond acceptors (Lipinski definition) is 4. The van der Waals surface area contributed by atoms with Crippen LogP contribution in [0.3, 0.4) is 0 Å². The largest absolute Gasteiger partial charge is 0.324 e. The van der Waals surface area contributed by atoms with E-state index in [9.17, 15) is 9.59 Å². The number of halogens is 1. The number of fused-ring (bicyclic) bond motifs is 4. The molecule has 2 saturated heterocycles. The average Bonchev–Trinajstić information content (AvgIpc) is 3.48. The Bertz CT molecular complexity index is 1220. The Morgan fingerprint density at radius 1 is 1.00 bits per heavy atom. The number of benzene rings is 3. The number of ketones is 1. The lowest BCUT2D eigenvalue weighted by Gasteiger charge is -2.36. The van der Waals surface area contributed by atoms with Gasteiger partial charge < -0.3 is 5.32 Å². The fraction of sp³-hybridized carbons (Fsp3) is 0.231. The van der Waals surface area contributed by atoms with Crippen LogP contribution in [0.5, 0.6) is 0 Å². The van der Waals surface area contributed by atoms with Crippen LogP contribution in [0.25, 0.3) is 0 Å². The van der Waals surface area contributed by atoms with Gasteiger partial charge in [0.1, 0.15) is 5.54 Å². The maximum absolute atomic E-state index is 14.2. The number of thioether (sulfide) groups is 1. The van der Waals surface area contributed by atoms with Crippen molar-refractivity contribution in [2.24, 2.45) is 5.92 Å². The van der Waals surface area contributed by atoms with Crippen molar-refractivity contribution in [1.29, 1.82) is 0 Å². The minimum atomic E-state index is -1.03. The molecule has 4 atom stereocenters. The van der Waals surface area contributed by atoms with Gasteiger partial charge >= 0.3 is 0 Å². The molecule has 3 aromatic rings. The number of nitrogens with zero attached hydrogens (tertiary/aromatic N) is 1. The van der Waals surface area contributed by atoms with Crippen molar-refractivity contribution in [3.05, 3.63) is 101 Å². The van der Waals surface area contributed by atoms with Crippen molar-refractivity contribution in [1.82, 2.24) is 4.90 Å². The molecule has 3 aliphatic rings. The van der Waals surface area contributed by atoms with E-state index in [2.05, 4.69) is 10.2 Å². The van der Waals surface area contributed by atoms with Crippen molar-refractivity contribution in [2.75, 3.05) is 16.9 Å². The third-order valence-electron chi connectivity index (χ3n) is 7.12. The second-order valence-electron chi connectivity index (χ2n) is 8.59. The molecule has 0 bridgehead atoms. The average molecular weight is 461 g/mol. The Hall–Kier alpha value is -2.60. The number of rotatable bonds is 3. The molecule has 3 aliphatic heterocycles. The van der Waals surface area contributed by atoms with Gasteiger partial charge in [0.2, 0.25) is 5.91 Å². The van der Waals surface area contributed by atoms with E-state index in [-0.39, 0.29) is 23.7 Å². The summed E-state index contributed by atoms with van der Waals surface area (Å²) in [4.78, 5) is 30.3. The SMILES string of the molecule is O=C(c1ccccc1)C1C(c2ccc(Cl)cc2)C2CSCN2[C@@]12C(=O)Nc1ccccc12. The first kappa shape index (κ1) is 20.0. The van der Waals surface area contributed by atoms with Crippen LogP contribution in [0.1, 0.15) is 27.4 Å². The van der Waals surface area contributed by atoms with Crippen LogP contribution in [0, 0.1) is 5.92 Å². The maximum Gasteiger partial charge on any atom is 0.250 e. The highest BCUT2D eigenvalue weighted by Crippen LogP contribution is 2.61. The van der Waals surface area contributed by atoms with Gasteiger partial charge in [-0.25, -0.2) is 0 Å². The lowest BCUT2D eigenvalue weighted by atomic mass is 9.69. The number of amides is 1. The molecule has 6 heteroatoms. The minimum absolute atomic E-state index is 0.0109. The maximum atomic E-state index is 14.2. The fourth-order valence-corrected chi connectivity index (χ4v) is 7.32. The van der Waals surface area contributed by atoms with Crippen molar-refractivity contribution < 1.29 is 9.59 Å². The second-order valence-corrected chi connectivity index (χ2v) is 10.0. The lowest BCUT2D eigenvalue weighted by molar-refractivity contribution is -0.127. The van der Waals surface area contributed by atoms with Crippen molar-refractivity contribution in [3.8, 4) is 0 Å². The Morgan fingerprint density at radius 3 is 2.50 bits per heavy atom. The van der Waals surface area contributed by atoms with Gasteiger partial charge in [0.05, 0.1) is 5.92 Å². The van der Waals surface area contributed by atoms with Gasteiger partial charge in [0.25, 0.3) is 0 Å². The van der Waals surface area contributed by atoms with Gasteiger partial charge in [0, 0.05) is 45.4 Å². The number of para-hydroxylation sites is 1. The Labute approximate surface area is 196 Å². The third kappa shape index (κ3) is 2.68. The third-order valence-corrected chi connectivity index (χ3v) is 8.41. The second kappa shape index (κ2) is 7.48. The van der Waals surface area contributed by atoms with Gasteiger partial charge in [-0.2, -0.15) is 0 Å². The van der Waals surface area contributed by atoms with E-state index < -0.39 is 11.5 Å². The summed E-state index contributed by atoms with van der Waals surface area (Å²) in [5, 5.41) is 3.76. The van der Waals surface area contributed by atoms with Crippen LogP contribution in [0.15, 0.2) is 78.9 Å². The molecule has 2 fully saturated rings. The normalized spacial score (nSPS) is 28.5. The number of nitrogens with one attached hydrogen (secondary N) is 1. The molecule has 32 heavy (non-hydrogen) atoms. The van der Waals surface area contributed by atoms with Gasteiger partial charge in [-0.15, -0.1) is 11.8 Å². The smallest absolute Gasteiger partial charge is 0.250 e. The summed E-state index contributed by atoms with van der Waals surface area (Å²) in [6, 6.07) is 25.0. The van der Waals surface area contributed by atoms with Crippen molar-refractivity contribution >= 4 is 40.7 Å². The zero-order chi connectivity index (χ0) is 21.9. The van der Waals surface area contributed by atoms with E-state index in [1.54, 1.807) is 0 Å². The number of hydrogen-bond donors (Lipinski definition) is 1. The molecule has 3 aromatic carbocycles. The van der Waals surface area contributed by atoms with Crippen LogP contribution in [-0.2, 0) is 10.3 Å². The first-order valence-corrected chi connectivity index (χ1v) is 12.3. The zero-order valence-electron chi connectivity index (χ0n) is 17.2. The van der Waals surface area contributed by atoms with E-state index in [0.717, 1.165) is 28.4 Å². The molecule has 0 radical (unpaired) electrons.